The fourth-order valence-corrected chi connectivity index (χ4v) is 4.26. The van der Waals surface area contributed by atoms with E-state index in [-0.39, 0.29) is 11.9 Å². The Bertz CT molecular complexity index is 546. The van der Waals surface area contributed by atoms with Crippen molar-refractivity contribution < 1.29 is 9.13 Å². The molecule has 5 heteroatoms. The van der Waals surface area contributed by atoms with Gasteiger partial charge in [-0.3, -0.25) is 0 Å². The van der Waals surface area contributed by atoms with E-state index in [1.54, 1.807) is 0 Å². The third-order valence-electron chi connectivity index (χ3n) is 5.44. The fourth-order valence-electron chi connectivity index (χ4n) is 4.26. The molecule has 4 rings (SSSR count). The van der Waals surface area contributed by atoms with E-state index in [0.29, 0.717) is 18.3 Å². The first-order valence-electron chi connectivity index (χ1n) is 8.75. The van der Waals surface area contributed by atoms with Gasteiger partial charge in [0.1, 0.15) is 5.82 Å². The molecular formula is C18H24FN3O. The van der Waals surface area contributed by atoms with Crippen LogP contribution in [0.4, 0.5) is 4.39 Å². The van der Waals surface area contributed by atoms with Crippen molar-refractivity contribution in [3.63, 3.8) is 0 Å². The van der Waals surface area contributed by atoms with Gasteiger partial charge in [-0.05, 0) is 37.5 Å². The zero-order chi connectivity index (χ0) is 15.6. The van der Waals surface area contributed by atoms with E-state index in [2.05, 4.69) is 27.0 Å². The van der Waals surface area contributed by atoms with Gasteiger partial charge in [0.2, 0.25) is 0 Å². The summed E-state index contributed by atoms with van der Waals surface area (Å²) < 4.78 is 19.0. The molecule has 2 fully saturated rings. The van der Waals surface area contributed by atoms with E-state index in [0.717, 1.165) is 31.2 Å². The lowest BCUT2D eigenvalue weighted by Gasteiger charge is -2.21. The van der Waals surface area contributed by atoms with Crippen LogP contribution in [-0.4, -0.2) is 46.7 Å². The Balaban J connectivity index is 1.25. The van der Waals surface area contributed by atoms with Gasteiger partial charge in [-0.1, -0.05) is 12.2 Å². The lowest BCUT2D eigenvalue weighted by atomic mass is 9.86. The summed E-state index contributed by atoms with van der Waals surface area (Å²) in [7, 11) is 0. The van der Waals surface area contributed by atoms with Gasteiger partial charge in [0.15, 0.2) is 5.82 Å². The molecule has 0 amide bonds. The minimum Gasteiger partial charge on any atom is -0.373 e. The molecule has 4 nitrogen and oxygen atoms in total. The third-order valence-corrected chi connectivity index (χ3v) is 5.44. The molecule has 0 N–H and O–H groups in total. The van der Waals surface area contributed by atoms with Crippen LogP contribution < -0.4 is 0 Å². The molecule has 0 unspecified atom stereocenters. The van der Waals surface area contributed by atoms with E-state index in [1.165, 1.54) is 38.3 Å². The van der Waals surface area contributed by atoms with Crippen molar-refractivity contribution in [1.82, 2.24) is 14.9 Å². The largest absolute Gasteiger partial charge is 0.373 e. The molecule has 1 aromatic rings. The maximum atomic E-state index is 12.8. The second kappa shape index (κ2) is 6.65. The SMILES string of the molecule is Fc1cnc(C[C@@H]2CC[C@H](CN3C[C@H]4CC=CC[C@H]4C3)O2)nc1. The highest BCUT2D eigenvalue weighted by atomic mass is 19.1. The Morgan fingerprint density at radius 1 is 1.04 bits per heavy atom. The van der Waals surface area contributed by atoms with E-state index < -0.39 is 0 Å². The van der Waals surface area contributed by atoms with Crippen molar-refractivity contribution in [2.24, 2.45) is 11.8 Å². The molecule has 0 radical (unpaired) electrons. The normalized spacial score (nSPS) is 34.0. The highest BCUT2D eigenvalue weighted by Gasteiger charge is 2.35. The Morgan fingerprint density at radius 2 is 1.70 bits per heavy atom. The summed E-state index contributed by atoms with van der Waals surface area (Å²) in [5.74, 6) is 1.99. The van der Waals surface area contributed by atoms with Gasteiger partial charge in [-0.2, -0.15) is 0 Å². The Hall–Kier alpha value is -1.33. The summed E-state index contributed by atoms with van der Waals surface area (Å²) >= 11 is 0. The molecular weight excluding hydrogens is 293 g/mol. The van der Waals surface area contributed by atoms with E-state index in [1.807, 2.05) is 0 Å². The van der Waals surface area contributed by atoms with Crippen molar-refractivity contribution >= 4 is 0 Å². The number of rotatable bonds is 4. The summed E-state index contributed by atoms with van der Waals surface area (Å²) in [6.45, 7) is 3.50. The first-order chi connectivity index (χ1) is 11.3. The summed E-state index contributed by atoms with van der Waals surface area (Å²) in [4.78, 5) is 10.7. The summed E-state index contributed by atoms with van der Waals surface area (Å²) in [5, 5.41) is 0. The molecule has 2 saturated heterocycles. The number of nitrogens with zero attached hydrogens (tertiary/aromatic N) is 3. The van der Waals surface area contributed by atoms with Crippen molar-refractivity contribution in [3.05, 3.63) is 36.2 Å². The van der Waals surface area contributed by atoms with Crippen LogP contribution in [0.5, 0.6) is 0 Å². The average molecular weight is 317 g/mol. The first-order valence-corrected chi connectivity index (χ1v) is 8.75. The predicted octanol–water partition coefficient (Wildman–Crippen LogP) is 2.60. The minimum absolute atomic E-state index is 0.178. The number of allylic oxidation sites excluding steroid dienone is 2. The predicted molar refractivity (Wildman–Crippen MR) is 85.4 cm³/mol. The lowest BCUT2D eigenvalue weighted by molar-refractivity contribution is 0.0257. The number of hydrogen-bond acceptors (Lipinski definition) is 4. The second-order valence-electron chi connectivity index (χ2n) is 7.16. The molecule has 124 valence electrons. The standard InChI is InChI=1S/C18H24FN3O/c19-15-8-20-18(21-9-15)7-16-5-6-17(23-16)12-22-10-13-3-1-2-4-14(13)11-22/h1-2,8-9,13-14,16-17H,3-7,10-12H2/t13-,14+,16-,17+/m0/s1. The van der Waals surface area contributed by atoms with Crippen LogP contribution in [0, 0.1) is 17.7 Å². The third kappa shape index (κ3) is 3.61. The summed E-state index contributed by atoms with van der Waals surface area (Å²) in [6, 6.07) is 0. The van der Waals surface area contributed by atoms with Gasteiger partial charge in [-0.25, -0.2) is 14.4 Å². The lowest BCUT2D eigenvalue weighted by Crippen LogP contribution is -2.31. The highest BCUT2D eigenvalue weighted by Crippen LogP contribution is 2.33. The van der Waals surface area contributed by atoms with Gasteiger partial charge >= 0.3 is 0 Å². The number of likely N-dealkylation sites (tertiary alicyclic amines) is 1. The zero-order valence-electron chi connectivity index (χ0n) is 13.4. The molecule has 0 aromatic carbocycles. The van der Waals surface area contributed by atoms with E-state index >= 15 is 0 Å². The number of fused-ring (bicyclic) bond motifs is 1. The first kappa shape index (κ1) is 15.2. The number of hydrogen-bond donors (Lipinski definition) is 0. The molecule has 3 aliphatic rings. The van der Waals surface area contributed by atoms with Crippen LogP contribution in [0.1, 0.15) is 31.5 Å². The molecule has 23 heavy (non-hydrogen) atoms. The summed E-state index contributed by atoms with van der Waals surface area (Å²) in [6.07, 6.45) is 13.0. The Labute approximate surface area is 136 Å². The second-order valence-corrected chi connectivity index (χ2v) is 7.16. The molecule has 1 aliphatic carbocycles. The zero-order valence-corrected chi connectivity index (χ0v) is 13.4. The van der Waals surface area contributed by atoms with Crippen molar-refractivity contribution in [1.29, 1.82) is 0 Å². The number of ether oxygens (including phenoxy) is 1. The molecule has 0 spiro atoms. The number of halogens is 1. The number of aromatic nitrogens is 2. The Morgan fingerprint density at radius 3 is 2.39 bits per heavy atom. The Kier molecular flexibility index (Phi) is 4.40. The molecule has 3 heterocycles. The van der Waals surface area contributed by atoms with E-state index in [4.69, 9.17) is 4.74 Å². The molecule has 0 saturated carbocycles. The van der Waals surface area contributed by atoms with Crippen LogP contribution in [0.25, 0.3) is 0 Å². The smallest absolute Gasteiger partial charge is 0.159 e. The monoisotopic (exact) mass is 317 g/mol. The van der Waals surface area contributed by atoms with Crippen molar-refractivity contribution in [2.75, 3.05) is 19.6 Å². The van der Waals surface area contributed by atoms with Gasteiger partial charge in [-0.15, -0.1) is 0 Å². The topological polar surface area (TPSA) is 38.2 Å². The quantitative estimate of drug-likeness (QED) is 0.800. The summed E-state index contributed by atoms with van der Waals surface area (Å²) in [5.41, 5.74) is 0. The maximum Gasteiger partial charge on any atom is 0.159 e. The molecule has 4 atom stereocenters. The fraction of sp³-hybridized carbons (Fsp3) is 0.667. The molecule has 1 aromatic heterocycles. The minimum atomic E-state index is -0.385. The van der Waals surface area contributed by atoms with Crippen molar-refractivity contribution in [3.8, 4) is 0 Å². The van der Waals surface area contributed by atoms with Crippen LogP contribution in [-0.2, 0) is 11.2 Å². The average Bonchev–Trinajstić information content (AvgIpc) is 3.16. The molecule has 2 aliphatic heterocycles. The van der Waals surface area contributed by atoms with Gasteiger partial charge in [0, 0.05) is 26.1 Å². The van der Waals surface area contributed by atoms with Crippen LogP contribution in [0.3, 0.4) is 0 Å². The van der Waals surface area contributed by atoms with Gasteiger partial charge in [0.25, 0.3) is 0 Å². The van der Waals surface area contributed by atoms with Crippen LogP contribution >= 0.6 is 0 Å². The highest BCUT2D eigenvalue weighted by molar-refractivity contribution is 5.00. The van der Waals surface area contributed by atoms with E-state index in [9.17, 15) is 4.39 Å². The maximum absolute atomic E-state index is 12.8. The van der Waals surface area contributed by atoms with Gasteiger partial charge < -0.3 is 9.64 Å². The van der Waals surface area contributed by atoms with Crippen molar-refractivity contribution in [2.45, 2.75) is 44.3 Å². The molecule has 0 bridgehead atoms. The van der Waals surface area contributed by atoms with Gasteiger partial charge in [0.05, 0.1) is 24.6 Å². The van der Waals surface area contributed by atoms with Crippen LogP contribution in [0.2, 0.25) is 0 Å². The van der Waals surface area contributed by atoms with Crippen LogP contribution in [0.15, 0.2) is 24.5 Å².